The van der Waals surface area contributed by atoms with E-state index in [-0.39, 0.29) is 0 Å². The molecule has 0 spiro atoms. The molecule has 0 aliphatic carbocycles. The molecule has 11 nitrogen and oxygen atoms in total. The molecule has 2 heterocycles. The predicted octanol–water partition coefficient (Wildman–Crippen LogP) is -6.01. The van der Waals surface area contributed by atoms with Crippen LogP contribution in [0.25, 0.3) is 0 Å². The maximum atomic E-state index is 10.7. The largest absolute Gasteiger partial charge is 0.394 e. The van der Waals surface area contributed by atoms with Crippen LogP contribution in [-0.4, -0.2) is 120 Å². The molecule has 0 aromatic carbocycles. The molecule has 136 valence electrons. The lowest BCUT2D eigenvalue weighted by Gasteiger charge is -2.53. The molecule has 1 unspecified atom stereocenters. The Morgan fingerprint density at radius 3 is 1.65 bits per heavy atom. The number of hydrogen-bond donors (Lipinski definition) is 9. The van der Waals surface area contributed by atoms with Gasteiger partial charge in [0.05, 0.1) is 19.8 Å². The van der Waals surface area contributed by atoms with Gasteiger partial charge in [-0.2, -0.15) is 0 Å². The van der Waals surface area contributed by atoms with Crippen molar-refractivity contribution in [2.24, 2.45) is 0 Å². The summed E-state index contributed by atoms with van der Waals surface area (Å²) in [6, 6.07) is 0. The zero-order valence-electron chi connectivity index (χ0n) is 12.0. The first kappa shape index (κ1) is 18.9. The minimum Gasteiger partial charge on any atom is -0.394 e. The van der Waals surface area contributed by atoms with Crippen molar-refractivity contribution in [3.63, 3.8) is 0 Å². The highest BCUT2D eigenvalue weighted by atomic mass is 16.7. The van der Waals surface area contributed by atoms with Crippen molar-refractivity contribution >= 4 is 0 Å². The molecule has 23 heavy (non-hydrogen) atoms. The van der Waals surface area contributed by atoms with Gasteiger partial charge in [0.25, 0.3) is 0 Å². The van der Waals surface area contributed by atoms with Crippen LogP contribution in [-0.2, 0) is 9.47 Å². The molecule has 2 aliphatic heterocycles. The third-order valence-corrected chi connectivity index (χ3v) is 4.53. The zero-order chi connectivity index (χ0) is 17.6. The molecule has 0 bridgehead atoms. The van der Waals surface area contributed by atoms with Crippen molar-refractivity contribution in [3.8, 4) is 0 Å². The van der Waals surface area contributed by atoms with E-state index in [0.29, 0.717) is 0 Å². The molecule has 2 rings (SSSR count). The summed E-state index contributed by atoms with van der Waals surface area (Å²) in [6.07, 6.45) is -12.7. The van der Waals surface area contributed by atoms with Crippen molar-refractivity contribution in [2.45, 2.75) is 54.1 Å². The van der Waals surface area contributed by atoms with Crippen LogP contribution in [0.4, 0.5) is 0 Å². The summed E-state index contributed by atoms with van der Waals surface area (Å²) in [5.41, 5.74) is -2.53. The Balaban J connectivity index is 2.46. The zero-order valence-corrected chi connectivity index (χ0v) is 12.0. The van der Waals surface area contributed by atoms with E-state index in [1.807, 2.05) is 0 Å². The van der Waals surface area contributed by atoms with Gasteiger partial charge in [-0.3, -0.25) is 0 Å². The monoisotopic (exact) mass is 342 g/mol. The maximum Gasteiger partial charge on any atom is 0.230 e. The molecule has 9 atom stereocenters. The number of rotatable bonds is 4. The van der Waals surface area contributed by atoms with E-state index in [0.717, 1.165) is 0 Å². The molecular weight excluding hydrogens is 320 g/mol. The molecule has 2 aliphatic rings. The van der Waals surface area contributed by atoms with E-state index in [9.17, 15) is 35.7 Å². The molecular formula is C12H22O11. The lowest BCUT2D eigenvalue weighted by atomic mass is 9.78. The summed E-state index contributed by atoms with van der Waals surface area (Å²) in [5, 5.41) is 88.2. The van der Waals surface area contributed by atoms with E-state index >= 15 is 0 Å². The van der Waals surface area contributed by atoms with Crippen molar-refractivity contribution in [1.29, 1.82) is 0 Å². The Kier molecular flexibility index (Phi) is 5.31. The highest BCUT2D eigenvalue weighted by Gasteiger charge is 2.71. The second kappa shape index (κ2) is 6.46. The molecule has 0 aromatic heterocycles. The number of hydrogen-bond acceptors (Lipinski definition) is 11. The summed E-state index contributed by atoms with van der Waals surface area (Å²) in [7, 11) is 0. The highest BCUT2D eigenvalue weighted by molar-refractivity contribution is 5.15. The summed E-state index contributed by atoms with van der Waals surface area (Å²) < 4.78 is 10.2. The minimum absolute atomic E-state index is 0.777. The third kappa shape index (κ3) is 2.49. The van der Waals surface area contributed by atoms with Crippen LogP contribution >= 0.6 is 0 Å². The standard InChI is InChI=1S/C12H22O11/c13-1-4-6(16)8(18)10(20)12(21,23-4)11(3-15)9(19)7(17)5(2-14)22-11/h4-10,13-21H,1-3H2/t4-,5-,6-,7-,8+,9+,10-,11?,12-/m1/s1. The van der Waals surface area contributed by atoms with Crippen LogP contribution in [0, 0.1) is 0 Å². The average molecular weight is 342 g/mol. The summed E-state index contributed by atoms with van der Waals surface area (Å²) >= 11 is 0. The van der Waals surface area contributed by atoms with Gasteiger partial charge < -0.3 is 55.4 Å². The summed E-state index contributed by atoms with van der Waals surface area (Å²) in [4.78, 5) is 0. The summed E-state index contributed by atoms with van der Waals surface area (Å²) in [5.74, 6) is -2.99. The van der Waals surface area contributed by atoms with Crippen LogP contribution in [0.2, 0.25) is 0 Å². The van der Waals surface area contributed by atoms with Crippen molar-refractivity contribution in [1.82, 2.24) is 0 Å². The van der Waals surface area contributed by atoms with Crippen LogP contribution in [0.15, 0.2) is 0 Å². The van der Waals surface area contributed by atoms with Gasteiger partial charge >= 0.3 is 0 Å². The van der Waals surface area contributed by atoms with E-state index in [2.05, 4.69) is 0 Å². The van der Waals surface area contributed by atoms with Crippen molar-refractivity contribution in [3.05, 3.63) is 0 Å². The summed E-state index contributed by atoms with van der Waals surface area (Å²) in [6.45, 7) is -2.81. The Morgan fingerprint density at radius 1 is 0.696 bits per heavy atom. The SMILES string of the molecule is OC[C@H]1OC(CO)([C@]2(O)O[C@H](CO)[C@@H](O)[C@H](O)[C@H]2O)[C@@H](O)[C@@H]1O. The molecule has 0 aromatic rings. The lowest BCUT2D eigenvalue weighted by Crippen LogP contribution is -2.77. The van der Waals surface area contributed by atoms with Crippen LogP contribution < -0.4 is 0 Å². The van der Waals surface area contributed by atoms with Crippen LogP contribution in [0.1, 0.15) is 0 Å². The highest BCUT2D eigenvalue weighted by Crippen LogP contribution is 2.45. The van der Waals surface area contributed by atoms with Crippen molar-refractivity contribution < 1.29 is 55.4 Å². The van der Waals surface area contributed by atoms with Crippen LogP contribution in [0.5, 0.6) is 0 Å². The van der Waals surface area contributed by atoms with Gasteiger partial charge in [-0.25, -0.2) is 0 Å². The second-order valence-electron chi connectivity index (χ2n) is 5.78. The molecule has 0 radical (unpaired) electrons. The van der Waals surface area contributed by atoms with Crippen molar-refractivity contribution in [2.75, 3.05) is 19.8 Å². The number of aliphatic hydroxyl groups is 9. The Hall–Kier alpha value is -0.440. The molecule has 2 saturated heterocycles. The van der Waals surface area contributed by atoms with E-state index < -0.39 is 73.9 Å². The molecule has 11 heteroatoms. The average Bonchev–Trinajstić information content (AvgIpc) is 2.81. The van der Waals surface area contributed by atoms with Crippen LogP contribution in [0.3, 0.4) is 0 Å². The number of ether oxygens (including phenoxy) is 2. The fraction of sp³-hybridized carbons (Fsp3) is 1.00. The van der Waals surface area contributed by atoms with E-state index in [4.69, 9.17) is 19.7 Å². The van der Waals surface area contributed by atoms with Gasteiger partial charge in [0.1, 0.15) is 42.7 Å². The van der Waals surface area contributed by atoms with E-state index in [1.165, 1.54) is 0 Å². The second-order valence-corrected chi connectivity index (χ2v) is 5.78. The number of aliphatic hydroxyl groups excluding tert-OH is 8. The van der Waals surface area contributed by atoms with Gasteiger partial charge in [-0.1, -0.05) is 0 Å². The lowest BCUT2D eigenvalue weighted by molar-refractivity contribution is -0.415. The normalized spacial score (nSPS) is 54.4. The first-order chi connectivity index (χ1) is 10.7. The molecule has 2 fully saturated rings. The van der Waals surface area contributed by atoms with Gasteiger partial charge in [-0.15, -0.1) is 0 Å². The molecule has 0 saturated carbocycles. The third-order valence-electron chi connectivity index (χ3n) is 4.53. The van der Waals surface area contributed by atoms with Gasteiger partial charge in [0.2, 0.25) is 5.79 Å². The Morgan fingerprint density at radius 2 is 1.22 bits per heavy atom. The fourth-order valence-electron chi connectivity index (χ4n) is 3.08. The molecule has 0 amide bonds. The Labute approximate surface area is 130 Å². The topological polar surface area (TPSA) is 201 Å². The minimum atomic E-state index is -2.99. The first-order valence-electron chi connectivity index (χ1n) is 7.01. The van der Waals surface area contributed by atoms with Gasteiger partial charge in [0.15, 0.2) is 5.60 Å². The molecule has 9 N–H and O–H groups in total. The van der Waals surface area contributed by atoms with E-state index in [1.54, 1.807) is 0 Å². The maximum absolute atomic E-state index is 10.7. The smallest absolute Gasteiger partial charge is 0.230 e. The van der Waals surface area contributed by atoms with Gasteiger partial charge in [0, 0.05) is 0 Å². The Bertz CT molecular complexity index is 420. The predicted molar refractivity (Wildman–Crippen MR) is 68.7 cm³/mol. The van der Waals surface area contributed by atoms with Gasteiger partial charge in [-0.05, 0) is 0 Å². The quantitative estimate of drug-likeness (QED) is 0.235. The first-order valence-corrected chi connectivity index (χ1v) is 7.01. The fourth-order valence-corrected chi connectivity index (χ4v) is 3.08.